The van der Waals surface area contributed by atoms with Crippen LogP contribution in [0.1, 0.15) is 17.5 Å². The molecule has 3 aromatic rings. The van der Waals surface area contributed by atoms with Crippen LogP contribution in [0.15, 0.2) is 65.3 Å². The number of benzene rings is 2. The topological polar surface area (TPSA) is 80.6 Å². The van der Waals surface area contributed by atoms with E-state index in [0.717, 1.165) is 10.8 Å². The third-order valence-electron chi connectivity index (χ3n) is 3.88. The van der Waals surface area contributed by atoms with Gasteiger partial charge in [-0.3, -0.25) is 14.9 Å². The van der Waals surface area contributed by atoms with Crippen LogP contribution in [0.25, 0.3) is 10.8 Å². The van der Waals surface area contributed by atoms with Gasteiger partial charge in [-0.15, -0.1) is 0 Å². The number of ketones is 1. The van der Waals surface area contributed by atoms with Crippen molar-refractivity contribution in [2.75, 3.05) is 6.54 Å². The minimum atomic E-state index is -0.665. The molecule has 27 heavy (non-hydrogen) atoms. The Balaban J connectivity index is 1.49. The highest BCUT2D eigenvalue weighted by atomic mass is 32.1. The van der Waals surface area contributed by atoms with Crippen molar-refractivity contribution in [2.45, 2.75) is 13.0 Å². The quantitative estimate of drug-likeness (QED) is 0.638. The first-order valence-electron chi connectivity index (χ1n) is 8.34. The number of carbonyl (C=O) groups is 2. The van der Waals surface area contributed by atoms with Gasteiger partial charge in [0.05, 0.1) is 12.8 Å². The molecule has 1 amide bonds. The Labute approximate surface area is 161 Å². The largest absolute Gasteiger partial charge is 0.483 e. The summed E-state index contributed by atoms with van der Waals surface area (Å²) >= 11 is 5.01. The fraction of sp³-hybridized carbons (Fsp3) is 0.150. The van der Waals surface area contributed by atoms with Gasteiger partial charge in [0.25, 0.3) is 5.91 Å². The SMILES string of the molecule is CC(Oc1ccc2ccccc2c1)C(=O)CNC(=S)NC(=O)c1ccco1. The monoisotopic (exact) mass is 382 g/mol. The van der Waals surface area contributed by atoms with E-state index in [1.54, 1.807) is 13.0 Å². The Morgan fingerprint density at radius 2 is 1.89 bits per heavy atom. The Morgan fingerprint density at radius 1 is 1.11 bits per heavy atom. The summed E-state index contributed by atoms with van der Waals surface area (Å²) in [5.74, 6) is 0.0740. The molecule has 2 aromatic carbocycles. The summed E-state index contributed by atoms with van der Waals surface area (Å²) in [4.78, 5) is 24.1. The molecule has 7 heteroatoms. The van der Waals surface area contributed by atoms with Crippen LogP contribution in [0.2, 0.25) is 0 Å². The Hall–Kier alpha value is -3.19. The fourth-order valence-electron chi connectivity index (χ4n) is 2.44. The number of fused-ring (bicyclic) bond motifs is 1. The zero-order valence-electron chi connectivity index (χ0n) is 14.6. The summed E-state index contributed by atoms with van der Waals surface area (Å²) in [7, 11) is 0. The molecule has 0 aliphatic heterocycles. The molecule has 2 N–H and O–H groups in total. The summed E-state index contributed by atoms with van der Waals surface area (Å²) < 4.78 is 10.7. The lowest BCUT2D eigenvalue weighted by atomic mass is 10.1. The van der Waals surface area contributed by atoms with Gasteiger partial charge in [0.15, 0.2) is 22.8 Å². The maximum absolute atomic E-state index is 12.3. The van der Waals surface area contributed by atoms with E-state index in [0.29, 0.717) is 5.75 Å². The second-order valence-corrected chi connectivity index (χ2v) is 6.26. The van der Waals surface area contributed by atoms with Gasteiger partial charge in [0.1, 0.15) is 5.75 Å². The molecule has 1 aromatic heterocycles. The molecule has 3 rings (SSSR count). The first-order chi connectivity index (χ1) is 13.0. The van der Waals surface area contributed by atoms with Crippen molar-refractivity contribution in [3.8, 4) is 5.75 Å². The molecule has 6 nitrogen and oxygen atoms in total. The van der Waals surface area contributed by atoms with Crippen LogP contribution in [0.3, 0.4) is 0 Å². The van der Waals surface area contributed by atoms with Crippen LogP contribution < -0.4 is 15.4 Å². The van der Waals surface area contributed by atoms with E-state index in [2.05, 4.69) is 10.6 Å². The molecule has 1 atom stereocenters. The smallest absolute Gasteiger partial charge is 0.293 e. The van der Waals surface area contributed by atoms with Gasteiger partial charge in [0.2, 0.25) is 0 Å². The Kier molecular flexibility index (Phi) is 5.83. The van der Waals surface area contributed by atoms with E-state index < -0.39 is 12.0 Å². The molecule has 1 unspecified atom stereocenters. The molecule has 0 radical (unpaired) electrons. The fourth-order valence-corrected chi connectivity index (χ4v) is 2.60. The summed E-state index contributed by atoms with van der Waals surface area (Å²) in [5, 5.41) is 7.32. The number of hydrogen-bond acceptors (Lipinski definition) is 5. The maximum atomic E-state index is 12.3. The van der Waals surface area contributed by atoms with Crippen molar-refractivity contribution in [3.05, 3.63) is 66.6 Å². The first-order valence-corrected chi connectivity index (χ1v) is 8.74. The lowest BCUT2D eigenvalue weighted by Gasteiger charge is -2.15. The van der Waals surface area contributed by atoms with Gasteiger partial charge < -0.3 is 14.5 Å². The van der Waals surface area contributed by atoms with Crippen LogP contribution in [-0.2, 0) is 4.79 Å². The van der Waals surface area contributed by atoms with E-state index >= 15 is 0 Å². The molecule has 0 fully saturated rings. The van der Waals surface area contributed by atoms with Crippen molar-refractivity contribution in [3.63, 3.8) is 0 Å². The number of carbonyl (C=O) groups excluding carboxylic acids is 2. The third-order valence-corrected chi connectivity index (χ3v) is 4.13. The summed E-state index contributed by atoms with van der Waals surface area (Å²) in [6, 6.07) is 16.7. The average molecular weight is 382 g/mol. The van der Waals surface area contributed by atoms with E-state index in [9.17, 15) is 9.59 Å². The average Bonchev–Trinajstić information content (AvgIpc) is 3.21. The van der Waals surface area contributed by atoms with E-state index in [1.807, 2.05) is 42.5 Å². The van der Waals surface area contributed by atoms with Gasteiger partial charge >= 0.3 is 0 Å². The molecule has 138 valence electrons. The number of thiocarbonyl (C=S) groups is 1. The number of Topliss-reactive ketones (excluding diaryl/α,β-unsaturated/α-hetero) is 1. The number of nitrogens with one attached hydrogen (secondary N) is 2. The number of amides is 1. The van der Waals surface area contributed by atoms with E-state index in [1.165, 1.54) is 12.3 Å². The van der Waals surface area contributed by atoms with E-state index in [4.69, 9.17) is 21.4 Å². The summed E-state index contributed by atoms with van der Waals surface area (Å²) in [6.45, 7) is 1.61. The van der Waals surface area contributed by atoms with Crippen LogP contribution >= 0.6 is 12.2 Å². The zero-order valence-corrected chi connectivity index (χ0v) is 15.4. The highest BCUT2D eigenvalue weighted by molar-refractivity contribution is 7.80. The second-order valence-electron chi connectivity index (χ2n) is 5.85. The van der Waals surface area contributed by atoms with Crippen LogP contribution in [0.5, 0.6) is 5.75 Å². The second kappa shape index (κ2) is 8.46. The van der Waals surface area contributed by atoms with E-state index in [-0.39, 0.29) is 23.2 Å². The van der Waals surface area contributed by atoms with Gasteiger partial charge in [-0.2, -0.15) is 0 Å². The molecular weight excluding hydrogens is 364 g/mol. The predicted molar refractivity (Wildman–Crippen MR) is 106 cm³/mol. The molecule has 0 aliphatic carbocycles. The summed E-state index contributed by atoms with van der Waals surface area (Å²) in [6.07, 6.45) is 0.725. The van der Waals surface area contributed by atoms with Crippen molar-refractivity contribution in [1.82, 2.24) is 10.6 Å². The molecule has 0 spiro atoms. The minimum Gasteiger partial charge on any atom is -0.483 e. The number of ether oxygens (including phenoxy) is 1. The normalized spacial score (nSPS) is 11.6. The van der Waals surface area contributed by atoms with Crippen LogP contribution in [0.4, 0.5) is 0 Å². The lowest BCUT2D eigenvalue weighted by Crippen LogP contribution is -2.43. The maximum Gasteiger partial charge on any atom is 0.293 e. The Morgan fingerprint density at radius 3 is 2.63 bits per heavy atom. The van der Waals surface area contributed by atoms with Gasteiger partial charge in [-0.1, -0.05) is 30.3 Å². The first kappa shape index (κ1) is 18.6. The molecule has 0 saturated heterocycles. The van der Waals surface area contributed by atoms with Crippen LogP contribution in [0, 0.1) is 0 Å². The van der Waals surface area contributed by atoms with Crippen molar-refractivity contribution in [2.24, 2.45) is 0 Å². The third kappa shape index (κ3) is 4.92. The van der Waals surface area contributed by atoms with Gasteiger partial charge in [0, 0.05) is 0 Å². The molecule has 0 saturated carbocycles. The van der Waals surface area contributed by atoms with Gasteiger partial charge in [-0.25, -0.2) is 0 Å². The standard InChI is InChI=1S/C20H18N2O4S/c1-13(26-16-9-8-14-5-2-3-6-15(14)11-16)17(23)12-21-20(27)22-19(24)18-7-4-10-25-18/h2-11,13H,12H2,1H3,(H2,21,22,24,27). The van der Waals surface area contributed by atoms with Crippen molar-refractivity contribution >= 4 is 39.8 Å². The molecule has 0 bridgehead atoms. The molecular formula is C20H18N2O4S. The highest BCUT2D eigenvalue weighted by Gasteiger charge is 2.16. The highest BCUT2D eigenvalue weighted by Crippen LogP contribution is 2.21. The number of hydrogen-bond donors (Lipinski definition) is 2. The molecule has 1 heterocycles. The predicted octanol–water partition coefficient (Wildman–Crippen LogP) is 3.07. The lowest BCUT2D eigenvalue weighted by molar-refractivity contribution is -0.123. The minimum absolute atomic E-state index is 0.0441. The van der Waals surface area contributed by atoms with Gasteiger partial charge in [-0.05, 0) is 54.2 Å². The van der Waals surface area contributed by atoms with Crippen LogP contribution in [-0.4, -0.2) is 29.5 Å². The number of rotatable bonds is 6. The zero-order chi connectivity index (χ0) is 19.2. The Bertz CT molecular complexity index is 969. The number of furan rings is 1. The molecule has 0 aliphatic rings. The summed E-state index contributed by atoms with van der Waals surface area (Å²) in [5.41, 5.74) is 0. The van der Waals surface area contributed by atoms with Crippen molar-refractivity contribution in [1.29, 1.82) is 0 Å². The van der Waals surface area contributed by atoms with Crippen molar-refractivity contribution < 1.29 is 18.7 Å².